The summed E-state index contributed by atoms with van der Waals surface area (Å²) < 4.78 is 41.6. The Morgan fingerprint density at radius 3 is 2.50 bits per heavy atom. The molecule has 2 aromatic carbocycles. The fraction of sp³-hybridized carbons (Fsp3) is 0.429. The maximum Gasteiger partial charge on any atom is 0.573 e. The lowest BCUT2D eigenvalue weighted by Gasteiger charge is -2.43. The maximum atomic E-state index is 12.5. The van der Waals surface area contributed by atoms with Crippen molar-refractivity contribution in [3.8, 4) is 5.75 Å². The molecule has 30 heavy (non-hydrogen) atoms. The van der Waals surface area contributed by atoms with Gasteiger partial charge in [0.2, 0.25) is 0 Å². The summed E-state index contributed by atoms with van der Waals surface area (Å²) in [5, 5.41) is 7.77. The van der Waals surface area contributed by atoms with Crippen LogP contribution in [-0.4, -0.2) is 18.4 Å². The van der Waals surface area contributed by atoms with Crippen LogP contribution < -0.4 is 15.4 Å². The largest absolute Gasteiger partial charge is 0.573 e. The van der Waals surface area contributed by atoms with E-state index in [0.717, 1.165) is 25.7 Å². The molecule has 2 saturated heterocycles. The van der Waals surface area contributed by atoms with Crippen molar-refractivity contribution in [1.82, 2.24) is 10.6 Å². The first-order valence-corrected chi connectivity index (χ1v) is 9.84. The lowest BCUT2D eigenvalue weighted by atomic mass is 9.79. The lowest BCUT2D eigenvalue weighted by Crippen LogP contribution is -2.58. The summed E-state index contributed by atoms with van der Waals surface area (Å²) in [5.74, 6) is -0.255. The van der Waals surface area contributed by atoms with Crippen molar-refractivity contribution < 1.29 is 17.9 Å². The van der Waals surface area contributed by atoms with Gasteiger partial charge in [0.25, 0.3) is 0 Å². The minimum Gasteiger partial charge on any atom is -0.406 e. The number of nitrogens with one attached hydrogen (secondary N) is 2. The van der Waals surface area contributed by atoms with E-state index in [1.807, 2.05) is 18.2 Å². The summed E-state index contributed by atoms with van der Waals surface area (Å²) in [6, 6.07) is 15.1. The number of piperidine rings is 1. The summed E-state index contributed by atoms with van der Waals surface area (Å²) >= 11 is 6.22. The molecule has 0 aromatic heterocycles. The summed E-state index contributed by atoms with van der Waals surface area (Å²) in [7, 11) is 0. The quantitative estimate of drug-likeness (QED) is 0.549. The van der Waals surface area contributed by atoms with Crippen molar-refractivity contribution in [2.45, 2.75) is 56.2 Å². The van der Waals surface area contributed by atoms with Crippen molar-refractivity contribution in [1.29, 1.82) is 0 Å². The Kier molecular flexibility index (Phi) is 8.33. The van der Waals surface area contributed by atoms with Crippen LogP contribution in [0.4, 0.5) is 13.2 Å². The van der Waals surface area contributed by atoms with Crippen molar-refractivity contribution in [2.24, 2.45) is 0 Å². The molecule has 2 N–H and O–H groups in total. The minimum atomic E-state index is -4.72. The van der Waals surface area contributed by atoms with Gasteiger partial charge in [-0.25, -0.2) is 0 Å². The summed E-state index contributed by atoms with van der Waals surface area (Å²) in [6.07, 6.45) is -0.477. The Morgan fingerprint density at radius 2 is 1.80 bits per heavy atom. The van der Waals surface area contributed by atoms with E-state index in [1.165, 1.54) is 23.8 Å². The highest BCUT2D eigenvalue weighted by atomic mass is 35.5. The molecule has 3 unspecified atom stereocenters. The number of ether oxygens (including phenoxy) is 1. The number of rotatable bonds is 5. The maximum absolute atomic E-state index is 12.5. The van der Waals surface area contributed by atoms with Gasteiger partial charge in [0.15, 0.2) is 0 Å². The van der Waals surface area contributed by atoms with E-state index < -0.39 is 6.36 Å². The second-order valence-electron chi connectivity index (χ2n) is 7.53. The number of halogens is 6. The highest BCUT2D eigenvalue weighted by Crippen LogP contribution is 2.43. The molecule has 0 amide bonds. The average molecular weight is 484 g/mol. The minimum absolute atomic E-state index is 0. The lowest BCUT2D eigenvalue weighted by molar-refractivity contribution is -0.274. The normalized spacial score (nSPS) is 25.2. The summed E-state index contributed by atoms with van der Waals surface area (Å²) in [5.41, 5.74) is 1.68. The van der Waals surface area contributed by atoms with Crippen LogP contribution in [0.25, 0.3) is 0 Å². The molecule has 2 fully saturated rings. The molecule has 166 valence electrons. The topological polar surface area (TPSA) is 33.3 Å². The van der Waals surface area contributed by atoms with Crippen LogP contribution >= 0.6 is 36.4 Å². The van der Waals surface area contributed by atoms with Crippen LogP contribution in [0.15, 0.2) is 48.5 Å². The molecule has 2 aliphatic rings. The average Bonchev–Trinajstić information content (AvgIpc) is 3.02. The van der Waals surface area contributed by atoms with Gasteiger partial charge in [-0.15, -0.1) is 38.0 Å². The van der Waals surface area contributed by atoms with Crippen LogP contribution in [0, 0.1) is 0 Å². The molecule has 4 rings (SSSR count). The molecular formula is C21H24Cl3F3N2O. The van der Waals surface area contributed by atoms with E-state index >= 15 is 0 Å². The zero-order valence-corrected chi connectivity index (χ0v) is 18.4. The third kappa shape index (κ3) is 5.35. The Bertz CT molecular complexity index is 838. The summed E-state index contributed by atoms with van der Waals surface area (Å²) in [6.45, 7) is 0.374. The van der Waals surface area contributed by atoms with E-state index in [9.17, 15) is 13.2 Å². The first-order chi connectivity index (χ1) is 13.4. The van der Waals surface area contributed by atoms with Gasteiger partial charge in [-0.3, -0.25) is 0 Å². The molecule has 2 heterocycles. The number of hydrogen-bond donors (Lipinski definition) is 2. The van der Waals surface area contributed by atoms with Crippen molar-refractivity contribution in [3.05, 3.63) is 64.7 Å². The zero-order valence-electron chi connectivity index (χ0n) is 16.0. The van der Waals surface area contributed by atoms with Gasteiger partial charge in [0.1, 0.15) is 5.75 Å². The first-order valence-electron chi connectivity index (χ1n) is 9.46. The molecule has 2 aliphatic heterocycles. The van der Waals surface area contributed by atoms with Crippen LogP contribution in [0.1, 0.15) is 36.8 Å². The first kappa shape index (κ1) is 25.1. The zero-order chi connectivity index (χ0) is 19.8. The van der Waals surface area contributed by atoms with Crippen molar-refractivity contribution >= 4 is 36.4 Å². The van der Waals surface area contributed by atoms with E-state index in [0.29, 0.717) is 23.2 Å². The van der Waals surface area contributed by atoms with E-state index in [-0.39, 0.29) is 42.1 Å². The number of fused-ring (bicyclic) bond motifs is 2. The summed E-state index contributed by atoms with van der Waals surface area (Å²) in [4.78, 5) is 0. The van der Waals surface area contributed by atoms with E-state index in [1.54, 1.807) is 0 Å². The third-order valence-corrected chi connectivity index (χ3v) is 6.19. The van der Waals surface area contributed by atoms with Gasteiger partial charge in [-0.05, 0) is 55.0 Å². The Morgan fingerprint density at radius 1 is 1.07 bits per heavy atom. The van der Waals surface area contributed by atoms with E-state index in [4.69, 9.17) is 11.6 Å². The Labute approximate surface area is 191 Å². The predicted molar refractivity (Wildman–Crippen MR) is 117 cm³/mol. The molecule has 0 radical (unpaired) electrons. The van der Waals surface area contributed by atoms with Gasteiger partial charge < -0.3 is 15.4 Å². The number of benzene rings is 2. The monoisotopic (exact) mass is 482 g/mol. The molecule has 3 atom stereocenters. The fourth-order valence-corrected chi connectivity index (χ4v) is 4.76. The molecule has 0 spiro atoms. The number of hydrogen-bond acceptors (Lipinski definition) is 3. The molecule has 2 bridgehead atoms. The highest BCUT2D eigenvalue weighted by molar-refractivity contribution is 6.31. The van der Waals surface area contributed by atoms with Crippen LogP contribution in [0.5, 0.6) is 5.75 Å². The van der Waals surface area contributed by atoms with Crippen LogP contribution in [-0.2, 0) is 12.1 Å². The van der Waals surface area contributed by atoms with Gasteiger partial charge >= 0.3 is 6.36 Å². The molecule has 2 aromatic rings. The molecule has 3 nitrogen and oxygen atoms in total. The van der Waals surface area contributed by atoms with Crippen LogP contribution in [0.3, 0.4) is 0 Å². The van der Waals surface area contributed by atoms with Gasteiger partial charge in [0, 0.05) is 23.7 Å². The molecular weight excluding hydrogens is 460 g/mol. The molecule has 0 aliphatic carbocycles. The van der Waals surface area contributed by atoms with Gasteiger partial charge in [-0.1, -0.05) is 41.9 Å². The second kappa shape index (κ2) is 9.96. The van der Waals surface area contributed by atoms with Crippen molar-refractivity contribution in [2.75, 3.05) is 0 Å². The Balaban J connectivity index is 0.00000160. The SMILES string of the molecule is Cl.Cl.FC(F)(F)Oc1ccc(Cl)c(CNC2CCC3CCC2(c2ccccc2)N3)c1. The molecule has 0 saturated carbocycles. The second-order valence-corrected chi connectivity index (χ2v) is 7.94. The van der Waals surface area contributed by atoms with Gasteiger partial charge in [0.05, 0.1) is 5.54 Å². The Hall–Kier alpha value is -1.18. The predicted octanol–water partition coefficient (Wildman–Crippen LogP) is 5.98. The van der Waals surface area contributed by atoms with Crippen LogP contribution in [0.2, 0.25) is 5.02 Å². The standard InChI is InChI=1S/C21H22ClF3N2O.2ClH/c22-18-8-7-17(28-21(23,24)25)12-14(18)13-26-19-9-6-16-10-11-20(19,27-16)15-4-2-1-3-5-15;;/h1-5,7-8,12,16,19,26-27H,6,9-11,13H2;2*1H. The van der Waals surface area contributed by atoms with E-state index in [2.05, 4.69) is 27.5 Å². The van der Waals surface area contributed by atoms with Gasteiger partial charge in [-0.2, -0.15) is 0 Å². The third-order valence-electron chi connectivity index (χ3n) is 5.83. The number of alkyl halides is 3. The smallest absolute Gasteiger partial charge is 0.406 e. The highest BCUT2D eigenvalue weighted by Gasteiger charge is 2.48. The van der Waals surface area contributed by atoms with Crippen molar-refractivity contribution in [3.63, 3.8) is 0 Å². The molecule has 9 heteroatoms. The fourth-order valence-electron chi connectivity index (χ4n) is 4.57.